The third kappa shape index (κ3) is 5.76. The van der Waals surface area contributed by atoms with Crippen molar-refractivity contribution in [2.75, 3.05) is 18.9 Å². The lowest BCUT2D eigenvalue weighted by Crippen LogP contribution is -2.07. The molecule has 0 heterocycles. The number of rotatable bonds is 10. The minimum Gasteiger partial charge on any atom is -0.491 e. The molecule has 168 valence electrons. The standard InChI is InChI=1S/C26H25N3O2S2/c1-3-14-30-23-19(16-27)20(17-28)24(31-15-4-2)26(33-22-13-9-8-12-21(22)29)25(23)32-18-10-6-5-7-11-18/h5-13H,3-4,14-15,29H2,1-2H3. The van der Waals surface area contributed by atoms with Crippen LogP contribution in [0, 0.1) is 22.7 Å². The fraction of sp³-hybridized carbons (Fsp3) is 0.231. The molecule has 5 nitrogen and oxygen atoms in total. The molecule has 3 rings (SSSR count). The zero-order valence-electron chi connectivity index (χ0n) is 18.6. The third-order valence-electron chi connectivity index (χ3n) is 4.54. The highest BCUT2D eigenvalue weighted by Crippen LogP contribution is 2.52. The van der Waals surface area contributed by atoms with E-state index in [4.69, 9.17) is 15.2 Å². The summed E-state index contributed by atoms with van der Waals surface area (Å²) in [7, 11) is 0. The predicted molar refractivity (Wildman–Crippen MR) is 133 cm³/mol. The van der Waals surface area contributed by atoms with Gasteiger partial charge in [-0.05, 0) is 37.1 Å². The van der Waals surface area contributed by atoms with Crippen molar-refractivity contribution in [3.05, 3.63) is 65.7 Å². The summed E-state index contributed by atoms with van der Waals surface area (Å²) in [6.45, 7) is 4.84. The molecule has 0 aliphatic heterocycles. The van der Waals surface area contributed by atoms with Crippen LogP contribution in [0.5, 0.6) is 11.5 Å². The van der Waals surface area contributed by atoms with Gasteiger partial charge in [0.15, 0.2) is 11.5 Å². The minimum absolute atomic E-state index is 0.187. The summed E-state index contributed by atoms with van der Waals surface area (Å²) < 4.78 is 12.2. The summed E-state index contributed by atoms with van der Waals surface area (Å²) in [5.41, 5.74) is 7.25. The molecule has 0 aliphatic carbocycles. The lowest BCUT2D eigenvalue weighted by molar-refractivity contribution is 0.293. The number of nitrogens with two attached hydrogens (primary N) is 1. The second-order valence-corrected chi connectivity index (χ2v) is 9.18. The minimum atomic E-state index is 0.187. The summed E-state index contributed by atoms with van der Waals surface area (Å²) in [6, 6.07) is 21.8. The molecule has 0 radical (unpaired) electrons. The van der Waals surface area contributed by atoms with Crippen LogP contribution in [0.15, 0.2) is 74.2 Å². The fourth-order valence-corrected chi connectivity index (χ4v) is 5.24. The van der Waals surface area contributed by atoms with E-state index >= 15 is 0 Å². The van der Waals surface area contributed by atoms with Crippen molar-refractivity contribution in [1.29, 1.82) is 10.5 Å². The zero-order chi connectivity index (χ0) is 23.6. The van der Waals surface area contributed by atoms with E-state index in [0.717, 1.165) is 32.4 Å². The van der Waals surface area contributed by atoms with Crippen molar-refractivity contribution >= 4 is 29.2 Å². The van der Waals surface area contributed by atoms with Crippen LogP contribution in [0.4, 0.5) is 5.69 Å². The Labute approximate surface area is 203 Å². The molecule has 7 heteroatoms. The second-order valence-electron chi connectivity index (χ2n) is 7.04. The van der Waals surface area contributed by atoms with Gasteiger partial charge < -0.3 is 15.2 Å². The average Bonchev–Trinajstić information content (AvgIpc) is 2.84. The largest absolute Gasteiger partial charge is 0.491 e. The smallest absolute Gasteiger partial charge is 0.153 e. The molecule has 3 aromatic carbocycles. The molecule has 0 spiro atoms. The van der Waals surface area contributed by atoms with Crippen LogP contribution < -0.4 is 15.2 Å². The Hall–Kier alpha value is -3.26. The molecule has 0 saturated carbocycles. The van der Waals surface area contributed by atoms with Gasteiger partial charge in [-0.25, -0.2) is 0 Å². The predicted octanol–water partition coefficient (Wildman–Crippen LogP) is 6.89. The molecule has 0 bridgehead atoms. The summed E-state index contributed by atoms with van der Waals surface area (Å²) in [5.74, 6) is 0.803. The molecule has 0 saturated heterocycles. The van der Waals surface area contributed by atoms with Crippen LogP contribution in [0.2, 0.25) is 0 Å². The van der Waals surface area contributed by atoms with E-state index in [0.29, 0.717) is 30.4 Å². The van der Waals surface area contributed by atoms with E-state index in [1.54, 1.807) is 0 Å². The number of hydrogen-bond acceptors (Lipinski definition) is 7. The number of nitrogen functional groups attached to an aromatic ring is 1. The van der Waals surface area contributed by atoms with Crippen LogP contribution in [-0.2, 0) is 0 Å². The van der Waals surface area contributed by atoms with E-state index in [1.807, 2.05) is 68.4 Å². The molecule has 0 aliphatic rings. The number of anilines is 1. The van der Waals surface area contributed by atoms with Gasteiger partial charge in [0.05, 0.1) is 23.0 Å². The second kappa shape index (κ2) is 12.1. The first-order valence-electron chi connectivity index (χ1n) is 10.7. The van der Waals surface area contributed by atoms with E-state index in [1.165, 1.54) is 23.5 Å². The molecule has 3 aromatic rings. The van der Waals surface area contributed by atoms with Gasteiger partial charge in [0, 0.05) is 15.5 Å². The lowest BCUT2D eigenvalue weighted by Gasteiger charge is -2.22. The number of ether oxygens (including phenoxy) is 2. The molecule has 0 atom stereocenters. The first-order valence-corrected chi connectivity index (χ1v) is 12.3. The van der Waals surface area contributed by atoms with E-state index < -0.39 is 0 Å². The molecule has 2 N–H and O–H groups in total. The summed E-state index contributed by atoms with van der Waals surface area (Å²) >= 11 is 2.91. The van der Waals surface area contributed by atoms with Crippen LogP contribution >= 0.6 is 23.5 Å². The normalized spacial score (nSPS) is 10.3. The van der Waals surface area contributed by atoms with Gasteiger partial charge in [-0.2, -0.15) is 10.5 Å². The Morgan fingerprint density at radius 3 is 1.79 bits per heavy atom. The first kappa shape index (κ1) is 24.4. The number of nitrogens with zero attached hydrogens (tertiary/aromatic N) is 2. The summed E-state index contributed by atoms with van der Waals surface area (Å²) in [4.78, 5) is 3.28. The molecular weight excluding hydrogens is 450 g/mol. The van der Waals surface area contributed by atoms with Crippen LogP contribution in [0.25, 0.3) is 0 Å². The Morgan fingerprint density at radius 1 is 0.758 bits per heavy atom. The number of nitriles is 2. The van der Waals surface area contributed by atoms with Crippen molar-refractivity contribution < 1.29 is 9.47 Å². The Balaban J connectivity index is 2.33. The summed E-state index contributed by atoms with van der Waals surface area (Å²) in [6.07, 6.45) is 1.53. The molecular formula is C26H25N3O2S2. The topological polar surface area (TPSA) is 92.1 Å². The lowest BCUT2D eigenvalue weighted by atomic mass is 10.1. The van der Waals surface area contributed by atoms with Gasteiger partial charge in [-0.15, -0.1) is 0 Å². The number of para-hydroxylation sites is 1. The van der Waals surface area contributed by atoms with Gasteiger partial charge in [-0.3, -0.25) is 0 Å². The third-order valence-corrected chi connectivity index (χ3v) is 6.96. The van der Waals surface area contributed by atoms with Crippen LogP contribution in [0.3, 0.4) is 0 Å². The number of hydrogen-bond donors (Lipinski definition) is 1. The van der Waals surface area contributed by atoms with Crippen molar-refractivity contribution in [3.63, 3.8) is 0 Å². The van der Waals surface area contributed by atoms with E-state index in [-0.39, 0.29) is 11.1 Å². The maximum absolute atomic E-state index is 10.0. The van der Waals surface area contributed by atoms with Crippen molar-refractivity contribution in [3.8, 4) is 23.6 Å². The van der Waals surface area contributed by atoms with E-state index in [2.05, 4.69) is 12.1 Å². The van der Waals surface area contributed by atoms with E-state index in [9.17, 15) is 10.5 Å². The SMILES string of the molecule is CCCOc1c(C#N)c(C#N)c(OCCC)c(Sc2ccccc2N)c1Sc1ccccc1. The summed E-state index contributed by atoms with van der Waals surface area (Å²) in [5, 5.41) is 20.1. The van der Waals surface area contributed by atoms with Gasteiger partial charge in [-0.1, -0.05) is 67.7 Å². The van der Waals surface area contributed by atoms with Crippen molar-refractivity contribution in [2.24, 2.45) is 0 Å². The van der Waals surface area contributed by atoms with Gasteiger partial charge >= 0.3 is 0 Å². The monoisotopic (exact) mass is 475 g/mol. The molecule has 0 unspecified atom stereocenters. The Bertz CT molecular complexity index is 1180. The zero-order valence-corrected chi connectivity index (χ0v) is 20.3. The first-order chi connectivity index (χ1) is 16.1. The highest BCUT2D eigenvalue weighted by molar-refractivity contribution is 8.02. The van der Waals surface area contributed by atoms with Crippen molar-refractivity contribution in [2.45, 2.75) is 46.3 Å². The molecule has 0 amide bonds. The van der Waals surface area contributed by atoms with Gasteiger partial charge in [0.1, 0.15) is 23.3 Å². The maximum Gasteiger partial charge on any atom is 0.153 e. The molecule has 33 heavy (non-hydrogen) atoms. The Morgan fingerprint density at radius 2 is 1.27 bits per heavy atom. The van der Waals surface area contributed by atoms with Gasteiger partial charge in [0.25, 0.3) is 0 Å². The molecule has 0 fully saturated rings. The van der Waals surface area contributed by atoms with Crippen molar-refractivity contribution in [1.82, 2.24) is 0 Å². The van der Waals surface area contributed by atoms with Crippen LogP contribution in [-0.4, -0.2) is 13.2 Å². The highest BCUT2D eigenvalue weighted by atomic mass is 32.2. The van der Waals surface area contributed by atoms with Crippen LogP contribution in [0.1, 0.15) is 37.8 Å². The maximum atomic E-state index is 10.0. The Kier molecular flexibility index (Phi) is 8.95. The number of benzene rings is 3. The quantitative estimate of drug-likeness (QED) is 0.319. The highest BCUT2D eigenvalue weighted by Gasteiger charge is 2.28. The average molecular weight is 476 g/mol. The molecule has 0 aromatic heterocycles. The van der Waals surface area contributed by atoms with Gasteiger partial charge in [0.2, 0.25) is 0 Å². The fourth-order valence-electron chi connectivity index (χ4n) is 3.03.